The summed E-state index contributed by atoms with van der Waals surface area (Å²) in [6, 6.07) is 12.9. The lowest BCUT2D eigenvalue weighted by Crippen LogP contribution is -1.89. The number of hydrogen-bond donors (Lipinski definition) is 2. The van der Waals surface area contributed by atoms with Crippen LogP contribution < -0.4 is 0 Å². The molecule has 6 nitrogen and oxygen atoms in total. The van der Waals surface area contributed by atoms with E-state index >= 15 is 0 Å². The largest absolute Gasteiger partial charge is 0.356 e. The number of aromatic amines is 2. The van der Waals surface area contributed by atoms with Crippen molar-refractivity contribution in [2.75, 3.05) is 0 Å². The molecule has 0 amide bonds. The van der Waals surface area contributed by atoms with Crippen molar-refractivity contribution in [2.45, 2.75) is 26.7 Å². The normalized spacial score (nSPS) is 12.0. The van der Waals surface area contributed by atoms with Crippen molar-refractivity contribution in [3.05, 3.63) is 66.6 Å². The molecule has 6 rings (SSSR count). The maximum atomic E-state index is 5.72. The number of nitrogens with zero attached hydrogens (tertiary/aromatic N) is 3. The molecule has 0 unspecified atom stereocenters. The van der Waals surface area contributed by atoms with Crippen LogP contribution in [0.5, 0.6) is 0 Å². The molecule has 0 radical (unpaired) electrons. The summed E-state index contributed by atoms with van der Waals surface area (Å²) in [6.45, 7) is 6.22. The van der Waals surface area contributed by atoms with E-state index in [4.69, 9.17) is 4.52 Å². The molecule has 0 aliphatic rings. The highest BCUT2D eigenvalue weighted by Crippen LogP contribution is 2.38. The number of imidazole rings is 2. The van der Waals surface area contributed by atoms with E-state index in [0.29, 0.717) is 5.92 Å². The Hall–Kier alpha value is -3.93. The average molecular weight is 407 g/mol. The fraction of sp³-hybridized carbons (Fsp3) is 0.160. The van der Waals surface area contributed by atoms with E-state index in [2.05, 4.69) is 75.3 Å². The minimum absolute atomic E-state index is 0.357. The Kier molecular flexibility index (Phi) is 3.77. The first-order valence-corrected chi connectivity index (χ1v) is 10.4. The highest BCUT2D eigenvalue weighted by atomic mass is 16.5. The SMILES string of the molecule is Cc1ncc(-c2ccc3c4ccc(-c5cnc(C(C)C)[nH]5)cc4c4cnoc4c3c2)[nH]1. The third-order valence-corrected chi connectivity index (χ3v) is 5.90. The molecule has 31 heavy (non-hydrogen) atoms. The van der Waals surface area contributed by atoms with E-state index in [1.165, 1.54) is 5.39 Å². The molecule has 0 spiro atoms. The second-order valence-electron chi connectivity index (χ2n) is 8.31. The van der Waals surface area contributed by atoms with Crippen LogP contribution in [0.3, 0.4) is 0 Å². The summed E-state index contributed by atoms with van der Waals surface area (Å²) in [5, 5.41) is 9.60. The number of fused-ring (bicyclic) bond motifs is 6. The van der Waals surface area contributed by atoms with Crippen molar-refractivity contribution in [3.8, 4) is 22.5 Å². The van der Waals surface area contributed by atoms with Crippen molar-refractivity contribution >= 4 is 32.5 Å². The Bertz CT molecular complexity index is 1580. The summed E-state index contributed by atoms with van der Waals surface area (Å²) in [5.74, 6) is 2.24. The molecule has 0 atom stereocenters. The first-order chi connectivity index (χ1) is 15.1. The molecule has 0 saturated heterocycles. The molecule has 2 N–H and O–H groups in total. The maximum Gasteiger partial charge on any atom is 0.175 e. The molecule has 0 aliphatic carbocycles. The molecule has 0 bridgehead atoms. The molecule has 3 heterocycles. The first-order valence-electron chi connectivity index (χ1n) is 10.4. The number of hydrogen-bond acceptors (Lipinski definition) is 4. The van der Waals surface area contributed by atoms with Crippen LogP contribution in [0.25, 0.3) is 55.0 Å². The van der Waals surface area contributed by atoms with Gasteiger partial charge in [-0.25, -0.2) is 9.97 Å². The van der Waals surface area contributed by atoms with Crippen LogP contribution in [0, 0.1) is 6.92 Å². The Morgan fingerprint density at radius 3 is 2.10 bits per heavy atom. The van der Waals surface area contributed by atoms with Crippen LogP contribution in [0.2, 0.25) is 0 Å². The number of benzene rings is 3. The van der Waals surface area contributed by atoms with Gasteiger partial charge >= 0.3 is 0 Å². The van der Waals surface area contributed by atoms with Gasteiger partial charge < -0.3 is 14.5 Å². The van der Waals surface area contributed by atoms with Gasteiger partial charge in [0.05, 0.1) is 35.4 Å². The lowest BCUT2D eigenvalue weighted by molar-refractivity contribution is 0.458. The van der Waals surface area contributed by atoms with Gasteiger partial charge in [-0.05, 0) is 35.2 Å². The predicted octanol–water partition coefficient (Wildman–Crippen LogP) is 6.35. The zero-order valence-corrected chi connectivity index (χ0v) is 17.5. The highest BCUT2D eigenvalue weighted by molar-refractivity contribution is 6.24. The fourth-order valence-electron chi connectivity index (χ4n) is 4.27. The van der Waals surface area contributed by atoms with Crippen LogP contribution in [-0.2, 0) is 0 Å². The van der Waals surface area contributed by atoms with Crippen molar-refractivity contribution < 1.29 is 4.52 Å². The number of aryl methyl sites for hydroxylation is 1. The lowest BCUT2D eigenvalue weighted by atomic mass is 9.95. The fourth-order valence-corrected chi connectivity index (χ4v) is 4.27. The molecule has 3 aromatic carbocycles. The number of rotatable bonds is 3. The van der Waals surface area contributed by atoms with Crippen molar-refractivity contribution in [1.29, 1.82) is 0 Å². The zero-order chi connectivity index (χ0) is 21.1. The molecule has 6 heteroatoms. The molecule has 0 aliphatic heterocycles. The van der Waals surface area contributed by atoms with E-state index in [1.54, 1.807) is 6.20 Å². The van der Waals surface area contributed by atoms with Crippen LogP contribution in [-0.4, -0.2) is 25.1 Å². The van der Waals surface area contributed by atoms with Gasteiger partial charge in [0, 0.05) is 22.4 Å². The van der Waals surface area contributed by atoms with Gasteiger partial charge in [0.25, 0.3) is 0 Å². The van der Waals surface area contributed by atoms with Crippen LogP contribution in [0.1, 0.15) is 31.4 Å². The van der Waals surface area contributed by atoms with Gasteiger partial charge in [-0.1, -0.05) is 43.3 Å². The smallest absolute Gasteiger partial charge is 0.175 e. The van der Waals surface area contributed by atoms with Crippen molar-refractivity contribution in [1.82, 2.24) is 25.1 Å². The van der Waals surface area contributed by atoms with Crippen LogP contribution >= 0.6 is 0 Å². The van der Waals surface area contributed by atoms with Gasteiger partial charge in [-0.3, -0.25) is 0 Å². The number of H-pyrrole nitrogens is 2. The van der Waals surface area contributed by atoms with E-state index < -0.39 is 0 Å². The van der Waals surface area contributed by atoms with Gasteiger partial charge in [0.2, 0.25) is 0 Å². The summed E-state index contributed by atoms with van der Waals surface area (Å²) in [5.41, 5.74) is 4.96. The topological polar surface area (TPSA) is 83.4 Å². The van der Waals surface area contributed by atoms with Crippen LogP contribution in [0.15, 0.2) is 59.5 Å². The standard InChI is InChI=1S/C25H21N5O/c1-13(2)25-27-12-23(30-25)15-4-6-17-18-7-5-16(22-11-26-14(3)29-22)9-20(18)24-21(10-28-31-24)19(17)8-15/h4-13H,1-3H3,(H,26,29)(H,27,30). The van der Waals surface area contributed by atoms with Crippen molar-refractivity contribution in [2.24, 2.45) is 0 Å². The first kappa shape index (κ1) is 17.9. The Morgan fingerprint density at radius 1 is 0.742 bits per heavy atom. The molecule has 0 saturated carbocycles. The number of nitrogens with one attached hydrogen (secondary N) is 2. The van der Waals surface area contributed by atoms with Crippen LogP contribution in [0.4, 0.5) is 0 Å². The van der Waals surface area contributed by atoms with E-state index in [0.717, 1.165) is 61.3 Å². The van der Waals surface area contributed by atoms with Gasteiger partial charge in [-0.2, -0.15) is 0 Å². The maximum absolute atomic E-state index is 5.72. The molecular weight excluding hydrogens is 386 g/mol. The second-order valence-corrected chi connectivity index (χ2v) is 8.31. The van der Waals surface area contributed by atoms with Crippen molar-refractivity contribution in [3.63, 3.8) is 0 Å². The van der Waals surface area contributed by atoms with Gasteiger partial charge in [-0.15, -0.1) is 0 Å². The second kappa shape index (κ2) is 6.54. The average Bonchev–Trinajstić information content (AvgIpc) is 3.53. The molecule has 6 aromatic rings. The Morgan fingerprint density at radius 2 is 1.42 bits per heavy atom. The summed E-state index contributed by atoms with van der Waals surface area (Å²) in [6.07, 6.45) is 5.57. The van der Waals surface area contributed by atoms with Gasteiger partial charge in [0.15, 0.2) is 5.58 Å². The minimum Gasteiger partial charge on any atom is -0.356 e. The summed E-state index contributed by atoms with van der Waals surface area (Å²) in [4.78, 5) is 15.6. The van der Waals surface area contributed by atoms with E-state index in [-0.39, 0.29) is 0 Å². The third kappa shape index (κ3) is 2.75. The third-order valence-electron chi connectivity index (χ3n) is 5.90. The summed E-state index contributed by atoms with van der Waals surface area (Å²) < 4.78 is 5.72. The van der Waals surface area contributed by atoms with Gasteiger partial charge in [0.1, 0.15) is 11.6 Å². The zero-order valence-electron chi connectivity index (χ0n) is 17.5. The predicted molar refractivity (Wildman–Crippen MR) is 123 cm³/mol. The lowest BCUT2D eigenvalue weighted by Gasteiger charge is -2.09. The van der Waals surface area contributed by atoms with E-state index in [1.807, 2.05) is 19.3 Å². The summed E-state index contributed by atoms with van der Waals surface area (Å²) in [7, 11) is 0. The van der Waals surface area contributed by atoms with E-state index in [9.17, 15) is 0 Å². The molecular formula is C25H21N5O. The molecule has 3 aromatic heterocycles. The minimum atomic E-state index is 0.357. The Labute approximate surface area is 178 Å². The Balaban J connectivity index is 1.60. The highest BCUT2D eigenvalue weighted by Gasteiger charge is 2.15. The summed E-state index contributed by atoms with van der Waals surface area (Å²) >= 11 is 0. The monoisotopic (exact) mass is 407 g/mol. The number of aromatic nitrogens is 5. The quantitative estimate of drug-likeness (QED) is 0.335. The molecule has 0 fully saturated rings. The molecule has 152 valence electrons.